The SMILES string of the molecule is O=S(=O)(O)c1cc(N(Nc2cccc3ccccc23)N2N=CC=C(Nc3ccccc3)N2)ccc1/C=C/c1ccc(N(Nc2cccc3ccccc23)N2N=CC=C(Nc3ccccc3)N2)cc1S(=O)(=O)O.[NaH].[NaH]. The molecule has 2 aliphatic rings. The molecule has 22 heteroatoms. The Balaban J connectivity index is 0.00000364. The van der Waals surface area contributed by atoms with E-state index in [0.717, 1.165) is 32.9 Å². The predicted octanol–water partition coefficient (Wildman–Crippen LogP) is 8.38. The summed E-state index contributed by atoms with van der Waals surface area (Å²) in [5, 5.41) is 24.8. The van der Waals surface area contributed by atoms with Crippen molar-refractivity contribution < 1.29 is 25.9 Å². The van der Waals surface area contributed by atoms with E-state index in [1.807, 2.05) is 146 Å². The van der Waals surface area contributed by atoms with Gasteiger partial charge in [0, 0.05) is 34.3 Å². The number of benzene rings is 8. The topological polar surface area (TPSA) is 219 Å². The van der Waals surface area contributed by atoms with Crippen LogP contribution in [0.5, 0.6) is 0 Å². The van der Waals surface area contributed by atoms with Crippen molar-refractivity contribution >= 4 is 160 Å². The second-order valence-corrected chi connectivity index (χ2v) is 18.9. The van der Waals surface area contributed by atoms with Crippen molar-refractivity contribution in [3.8, 4) is 0 Å². The first-order valence-electron chi connectivity index (χ1n) is 22.2. The molecule has 0 atom stereocenters. The first-order valence-corrected chi connectivity index (χ1v) is 25.1. The van der Waals surface area contributed by atoms with Gasteiger partial charge in [0.2, 0.25) is 0 Å². The average molecular weight is 1050 g/mol. The summed E-state index contributed by atoms with van der Waals surface area (Å²) in [6.45, 7) is 0. The van der Waals surface area contributed by atoms with Gasteiger partial charge in [-0.1, -0.05) is 144 Å². The summed E-state index contributed by atoms with van der Waals surface area (Å²) in [5.74, 6) is 1.07. The molecule has 0 spiro atoms. The molecule has 0 radical (unpaired) electrons. The second kappa shape index (κ2) is 23.3. The van der Waals surface area contributed by atoms with E-state index in [1.54, 1.807) is 36.7 Å². The summed E-state index contributed by atoms with van der Waals surface area (Å²) in [6, 6.07) is 54.3. The molecule has 0 amide bonds. The normalized spacial score (nSPS) is 13.2. The number of rotatable bonds is 16. The molecular formula is C52H46N12Na2O6S2. The fraction of sp³-hybridized carbons (Fsp3) is 0. The monoisotopic (exact) mass is 1040 g/mol. The summed E-state index contributed by atoms with van der Waals surface area (Å²) in [5.41, 5.74) is 16.4. The maximum atomic E-state index is 13.3. The van der Waals surface area contributed by atoms with E-state index in [2.05, 4.69) is 42.5 Å². The zero-order valence-corrected chi connectivity index (χ0v) is 39.4. The Morgan fingerprint density at radius 2 is 0.851 bits per heavy atom. The zero-order valence-electron chi connectivity index (χ0n) is 37.8. The molecule has 18 nitrogen and oxygen atoms in total. The Morgan fingerprint density at radius 3 is 1.26 bits per heavy atom. The van der Waals surface area contributed by atoms with Gasteiger partial charge in [-0.15, -0.1) is 10.2 Å². The van der Waals surface area contributed by atoms with Gasteiger partial charge >= 0.3 is 59.1 Å². The van der Waals surface area contributed by atoms with Gasteiger partial charge in [-0.2, -0.15) is 27.1 Å². The molecule has 0 aliphatic carbocycles. The molecule has 8 aromatic rings. The van der Waals surface area contributed by atoms with Crippen molar-refractivity contribution in [2.75, 3.05) is 31.7 Å². The van der Waals surface area contributed by atoms with Crippen LogP contribution in [0.15, 0.2) is 226 Å². The standard InChI is InChI=1S/C52H44N12O6S2.2Na.2H/c65-71(66,67)49-35-43(61(57-47-23-11-15-37-13-7-9-21-45(37)47)63-53-33-31-51(59-63)55-41-17-3-1-4-18-41)29-27-39(49)25-26-40-28-30-44(36-50(40)72(68,69)70)62(58-48-24-12-16-38-14-8-10-22-46(38)48)64-54-34-32-52(60-64)56-42-19-5-2-6-20-42;;;;/h1-36,55-60H,(H,65,66,67)(H,68,69,70);;;;/b26-25+;;;;. The first kappa shape index (κ1) is 53.0. The van der Waals surface area contributed by atoms with E-state index < -0.39 is 30.0 Å². The Labute approximate surface area is 471 Å². The number of anilines is 6. The number of hydrazone groups is 2. The second-order valence-electron chi connectivity index (χ2n) is 16.1. The molecule has 0 fully saturated rings. The van der Waals surface area contributed by atoms with E-state index in [0.29, 0.717) is 23.0 Å². The Hall–Kier alpha value is -7.34. The summed E-state index contributed by atoms with van der Waals surface area (Å²) >= 11 is 0. The first-order chi connectivity index (χ1) is 34.9. The molecule has 364 valence electrons. The van der Waals surface area contributed by atoms with Gasteiger partial charge in [-0.05, 0) is 82.6 Å². The number of hydrazine groups is 6. The third-order valence-electron chi connectivity index (χ3n) is 11.3. The van der Waals surface area contributed by atoms with E-state index in [-0.39, 0.29) is 81.6 Å². The van der Waals surface area contributed by atoms with Crippen molar-refractivity contribution in [2.45, 2.75) is 9.79 Å². The number of nitrogens with zero attached hydrogens (tertiary/aromatic N) is 6. The molecule has 10 rings (SSSR count). The molecule has 0 saturated heterocycles. The van der Waals surface area contributed by atoms with Crippen LogP contribution < -0.4 is 42.6 Å². The average Bonchev–Trinajstić information content (AvgIpc) is 3.39. The third kappa shape index (κ3) is 12.4. The molecule has 0 aromatic heterocycles. The van der Waals surface area contributed by atoms with Crippen LogP contribution in [0.3, 0.4) is 0 Å². The summed E-state index contributed by atoms with van der Waals surface area (Å²) < 4.78 is 74.7. The summed E-state index contributed by atoms with van der Waals surface area (Å²) in [4.78, 5) is -1.03. The van der Waals surface area contributed by atoms with Gasteiger partial charge in [0.05, 0.1) is 35.2 Å². The maximum absolute atomic E-state index is 13.3. The molecule has 0 bridgehead atoms. The van der Waals surface area contributed by atoms with Crippen molar-refractivity contribution in [1.82, 2.24) is 21.3 Å². The summed E-state index contributed by atoms with van der Waals surface area (Å²) in [7, 11) is -9.89. The van der Waals surface area contributed by atoms with Crippen LogP contribution in [0, 0.1) is 0 Å². The Morgan fingerprint density at radius 1 is 0.473 bits per heavy atom. The number of hydrogen-bond acceptors (Lipinski definition) is 16. The molecule has 8 N–H and O–H groups in total. The fourth-order valence-corrected chi connectivity index (χ4v) is 9.32. The van der Waals surface area contributed by atoms with E-state index in [1.165, 1.54) is 57.1 Å². The molecule has 0 unspecified atom stereocenters. The van der Waals surface area contributed by atoms with Gasteiger partial charge in [-0.3, -0.25) is 20.0 Å². The third-order valence-corrected chi connectivity index (χ3v) is 13.1. The van der Waals surface area contributed by atoms with Gasteiger partial charge in [0.25, 0.3) is 20.2 Å². The number of allylic oxidation sites excluding steroid dienone is 2. The molecular weight excluding hydrogens is 999 g/mol. The van der Waals surface area contributed by atoms with E-state index >= 15 is 0 Å². The van der Waals surface area contributed by atoms with Gasteiger partial charge in [0.15, 0.2) is 0 Å². The molecule has 2 heterocycles. The van der Waals surface area contributed by atoms with Crippen LogP contribution in [0.2, 0.25) is 0 Å². The molecule has 74 heavy (non-hydrogen) atoms. The minimum atomic E-state index is -4.95. The number of para-hydroxylation sites is 2. The fourth-order valence-electron chi connectivity index (χ4n) is 7.91. The van der Waals surface area contributed by atoms with Crippen LogP contribution in [0.25, 0.3) is 33.7 Å². The van der Waals surface area contributed by atoms with E-state index in [4.69, 9.17) is 0 Å². The van der Waals surface area contributed by atoms with Crippen molar-refractivity contribution in [3.63, 3.8) is 0 Å². The molecule has 2 aliphatic heterocycles. The zero-order chi connectivity index (χ0) is 49.7. The predicted molar refractivity (Wildman–Crippen MR) is 299 cm³/mol. The number of fused-ring (bicyclic) bond motifs is 2. The van der Waals surface area contributed by atoms with Crippen molar-refractivity contribution in [1.29, 1.82) is 0 Å². The van der Waals surface area contributed by atoms with Crippen LogP contribution in [0.1, 0.15) is 11.1 Å². The minimum absolute atomic E-state index is 0. The Kier molecular flexibility index (Phi) is 16.6. The van der Waals surface area contributed by atoms with Crippen molar-refractivity contribution in [3.05, 3.63) is 217 Å². The van der Waals surface area contributed by atoms with Crippen LogP contribution >= 0.6 is 0 Å². The number of nitrogens with one attached hydrogen (secondary N) is 6. The quantitative estimate of drug-likeness (QED) is 0.0197. The van der Waals surface area contributed by atoms with Gasteiger partial charge in [-0.25, -0.2) is 10.9 Å². The van der Waals surface area contributed by atoms with Gasteiger partial charge < -0.3 is 10.6 Å². The van der Waals surface area contributed by atoms with Crippen LogP contribution in [-0.2, 0) is 20.2 Å². The van der Waals surface area contributed by atoms with Gasteiger partial charge in [0.1, 0.15) is 21.4 Å². The molecule has 8 aromatic carbocycles. The van der Waals surface area contributed by atoms with Crippen LogP contribution in [-0.4, -0.2) is 108 Å². The summed E-state index contributed by atoms with van der Waals surface area (Å²) in [6.07, 6.45) is 9.20. The van der Waals surface area contributed by atoms with E-state index in [9.17, 15) is 25.9 Å². The number of hydrogen-bond donors (Lipinski definition) is 8. The van der Waals surface area contributed by atoms with Crippen LogP contribution in [0.4, 0.5) is 34.1 Å². The van der Waals surface area contributed by atoms with Crippen molar-refractivity contribution in [2.24, 2.45) is 10.2 Å². The molecule has 0 saturated carbocycles. The Bertz CT molecular complexity index is 3470.